The molecule has 80 valence electrons. The van der Waals surface area contributed by atoms with Crippen molar-refractivity contribution in [1.82, 2.24) is 10.2 Å². The molecule has 0 bridgehead atoms. The van der Waals surface area contributed by atoms with Gasteiger partial charge in [0, 0.05) is 13.1 Å². The topological polar surface area (TPSA) is 24.1 Å². The zero-order valence-electron chi connectivity index (χ0n) is 9.42. The van der Waals surface area contributed by atoms with Gasteiger partial charge < -0.3 is 0 Å². The van der Waals surface area contributed by atoms with Crippen LogP contribution in [0, 0.1) is 11.8 Å². The maximum atomic E-state index is 5.47. The van der Waals surface area contributed by atoms with Crippen molar-refractivity contribution in [1.29, 1.82) is 0 Å². The predicted molar refractivity (Wildman–Crippen MR) is 65.9 cm³/mol. The summed E-state index contributed by atoms with van der Waals surface area (Å²) in [5, 5.41) is 6.86. The fourth-order valence-electron chi connectivity index (χ4n) is 0.769. The second-order valence-corrected chi connectivity index (χ2v) is 9.11. The number of hydrogen-bond donors (Lipinski definition) is 2. The van der Waals surface area contributed by atoms with Crippen LogP contribution < -0.4 is 10.2 Å². The second kappa shape index (κ2) is 6.13. The molecule has 4 heteroatoms. The third-order valence-corrected chi connectivity index (χ3v) is 3.95. The summed E-state index contributed by atoms with van der Waals surface area (Å²) in [4.78, 5) is 0. The third kappa shape index (κ3) is 8.89. The molecule has 0 aromatic heterocycles. The molecule has 0 aromatic rings. The van der Waals surface area contributed by atoms with Crippen LogP contribution in [0.3, 0.4) is 0 Å². The van der Waals surface area contributed by atoms with Gasteiger partial charge in [-0.05, 0) is 18.5 Å². The van der Waals surface area contributed by atoms with Crippen LogP contribution in [-0.4, -0.2) is 19.8 Å². The summed E-state index contributed by atoms with van der Waals surface area (Å²) in [6.45, 7) is 12.9. The molecule has 13 heavy (non-hydrogen) atoms. The molecule has 0 aliphatic rings. The Morgan fingerprint density at radius 1 is 1.00 bits per heavy atom. The Balaban J connectivity index is 3.74. The molecular formula is C9H23N2PS. The maximum Gasteiger partial charge on any atom is 0.0693 e. The molecule has 0 heterocycles. The van der Waals surface area contributed by atoms with Crippen molar-refractivity contribution >= 4 is 18.1 Å². The zero-order chi connectivity index (χ0) is 10.5. The molecule has 0 radical (unpaired) electrons. The van der Waals surface area contributed by atoms with Gasteiger partial charge in [-0.3, -0.25) is 10.2 Å². The lowest BCUT2D eigenvalue weighted by Gasteiger charge is -2.22. The molecule has 0 spiro atoms. The molecule has 0 aliphatic heterocycles. The molecule has 0 atom stereocenters. The molecule has 2 N–H and O–H groups in total. The van der Waals surface area contributed by atoms with E-state index >= 15 is 0 Å². The van der Waals surface area contributed by atoms with Gasteiger partial charge in [0.05, 0.1) is 6.34 Å². The van der Waals surface area contributed by atoms with Crippen molar-refractivity contribution in [3.8, 4) is 0 Å². The molecule has 0 unspecified atom stereocenters. The average Bonchev–Trinajstić information content (AvgIpc) is 1.98. The Bertz CT molecular complexity index is 164. The lowest BCUT2D eigenvalue weighted by atomic mass is 10.2. The highest BCUT2D eigenvalue weighted by molar-refractivity contribution is 8.12. The van der Waals surface area contributed by atoms with Crippen LogP contribution in [0.5, 0.6) is 0 Å². The lowest BCUT2D eigenvalue weighted by Crippen LogP contribution is -2.27. The predicted octanol–water partition coefficient (Wildman–Crippen LogP) is 2.42. The van der Waals surface area contributed by atoms with E-state index in [4.69, 9.17) is 11.8 Å². The van der Waals surface area contributed by atoms with E-state index in [0.29, 0.717) is 11.8 Å². The van der Waals surface area contributed by atoms with Gasteiger partial charge in [0.1, 0.15) is 0 Å². The summed E-state index contributed by atoms with van der Waals surface area (Å²) in [7, 11) is 0. The van der Waals surface area contributed by atoms with Crippen LogP contribution in [0.15, 0.2) is 0 Å². The highest BCUT2D eigenvalue weighted by atomic mass is 32.4. The van der Waals surface area contributed by atoms with Crippen LogP contribution >= 0.6 is 6.34 Å². The average molecular weight is 222 g/mol. The first-order valence-corrected chi connectivity index (χ1v) is 8.16. The Labute approximate surface area is 88.0 Å². The Morgan fingerprint density at radius 3 is 1.54 bits per heavy atom. The van der Waals surface area contributed by atoms with Crippen LogP contribution in [0.2, 0.25) is 0 Å². The van der Waals surface area contributed by atoms with Gasteiger partial charge in [-0.2, -0.15) is 0 Å². The molecule has 0 aromatic carbocycles. The molecule has 0 fully saturated rings. The minimum Gasteiger partial charge on any atom is -0.277 e. The SMILES string of the molecule is CC(C)CNP(C)(=S)NCC(C)C. The Morgan fingerprint density at radius 2 is 1.31 bits per heavy atom. The van der Waals surface area contributed by atoms with Gasteiger partial charge >= 0.3 is 0 Å². The maximum absolute atomic E-state index is 5.47. The fourth-order valence-corrected chi connectivity index (χ4v) is 2.76. The van der Waals surface area contributed by atoms with E-state index in [0.717, 1.165) is 13.1 Å². The minimum atomic E-state index is -1.47. The zero-order valence-corrected chi connectivity index (χ0v) is 11.1. The van der Waals surface area contributed by atoms with E-state index in [1.807, 2.05) is 0 Å². The van der Waals surface area contributed by atoms with Crippen molar-refractivity contribution in [2.24, 2.45) is 11.8 Å². The van der Waals surface area contributed by atoms with E-state index in [-0.39, 0.29) is 0 Å². The van der Waals surface area contributed by atoms with Gasteiger partial charge in [0.2, 0.25) is 0 Å². The van der Waals surface area contributed by atoms with Crippen molar-refractivity contribution in [2.75, 3.05) is 19.8 Å². The molecule has 0 rings (SSSR count). The largest absolute Gasteiger partial charge is 0.277 e. The first-order valence-electron chi connectivity index (χ1n) is 4.91. The van der Waals surface area contributed by atoms with Crippen LogP contribution in [0.1, 0.15) is 27.7 Å². The van der Waals surface area contributed by atoms with E-state index in [9.17, 15) is 0 Å². The highest BCUT2D eigenvalue weighted by Gasteiger charge is 2.09. The first-order chi connectivity index (χ1) is 5.83. The monoisotopic (exact) mass is 222 g/mol. The quantitative estimate of drug-likeness (QED) is 0.675. The van der Waals surface area contributed by atoms with Gasteiger partial charge in [-0.1, -0.05) is 39.5 Å². The Kier molecular flexibility index (Phi) is 6.40. The van der Waals surface area contributed by atoms with Gasteiger partial charge in [0.15, 0.2) is 0 Å². The molecule has 0 saturated heterocycles. The van der Waals surface area contributed by atoms with Crippen molar-refractivity contribution in [3.63, 3.8) is 0 Å². The van der Waals surface area contributed by atoms with Crippen LogP contribution in [-0.2, 0) is 11.8 Å². The summed E-state index contributed by atoms with van der Waals surface area (Å²) in [5.74, 6) is 1.34. The van der Waals surface area contributed by atoms with Crippen LogP contribution in [0.4, 0.5) is 0 Å². The van der Waals surface area contributed by atoms with Crippen molar-refractivity contribution in [3.05, 3.63) is 0 Å². The van der Waals surface area contributed by atoms with Crippen molar-refractivity contribution in [2.45, 2.75) is 27.7 Å². The van der Waals surface area contributed by atoms with Crippen LogP contribution in [0.25, 0.3) is 0 Å². The molecule has 0 amide bonds. The summed E-state index contributed by atoms with van der Waals surface area (Å²) in [6, 6.07) is 0. The summed E-state index contributed by atoms with van der Waals surface area (Å²) < 4.78 is 0. The molecule has 2 nitrogen and oxygen atoms in total. The van der Waals surface area contributed by atoms with Gasteiger partial charge in [0.25, 0.3) is 0 Å². The summed E-state index contributed by atoms with van der Waals surface area (Å²) in [5.41, 5.74) is 0. The number of hydrogen-bond acceptors (Lipinski definition) is 1. The highest BCUT2D eigenvalue weighted by Crippen LogP contribution is 2.30. The first kappa shape index (κ1) is 13.6. The summed E-state index contributed by atoms with van der Waals surface area (Å²) >= 11 is 5.47. The van der Waals surface area contributed by atoms with E-state index < -0.39 is 6.34 Å². The minimum absolute atomic E-state index is 0.670. The van der Waals surface area contributed by atoms with E-state index in [1.54, 1.807) is 0 Å². The third-order valence-electron chi connectivity index (χ3n) is 1.60. The normalized spacial score (nSPS) is 12.8. The van der Waals surface area contributed by atoms with Gasteiger partial charge in [-0.25, -0.2) is 0 Å². The molecule has 0 aliphatic carbocycles. The van der Waals surface area contributed by atoms with Gasteiger partial charge in [-0.15, -0.1) is 0 Å². The molecular weight excluding hydrogens is 199 g/mol. The van der Waals surface area contributed by atoms with E-state index in [1.165, 1.54) is 0 Å². The second-order valence-electron chi connectivity index (χ2n) is 4.44. The smallest absolute Gasteiger partial charge is 0.0693 e. The summed E-state index contributed by atoms with van der Waals surface area (Å²) in [6.07, 6.45) is -1.47. The lowest BCUT2D eigenvalue weighted by molar-refractivity contribution is 0.615. The Hall–Kier alpha value is 0.570. The van der Waals surface area contributed by atoms with E-state index in [2.05, 4.69) is 44.5 Å². The van der Waals surface area contributed by atoms with Crippen molar-refractivity contribution < 1.29 is 0 Å². The standard InChI is InChI=1S/C9H23N2PS/c1-8(2)6-10-12(5,13)11-7-9(3)4/h8-9H,6-7H2,1-5H3,(H2,10,11,13). The fraction of sp³-hybridized carbons (Fsp3) is 1.00. The number of rotatable bonds is 6. The molecule has 0 saturated carbocycles. The number of nitrogens with one attached hydrogen (secondary N) is 2.